The van der Waals surface area contributed by atoms with E-state index in [0.717, 1.165) is 0 Å². The molecule has 246 valence electrons. The van der Waals surface area contributed by atoms with Gasteiger partial charge in [0, 0.05) is 35.4 Å². The van der Waals surface area contributed by atoms with Gasteiger partial charge >= 0.3 is 0 Å². The lowest BCUT2D eigenvalue weighted by Crippen LogP contribution is -1.89. The molecule has 2 N–H and O–H groups in total. The Balaban J connectivity index is 1.07. The predicted octanol–water partition coefficient (Wildman–Crippen LogP) is 7.93. The van der Waals surface area contributed by atoms with Crippen molar-refractivity contribution < 1.29 is 38.4 Å². The van der Waals surface area contributed by atoms with Crippen LogP contribution in [0, 0.1) is 20.2 Å². The number of phenols is 2. The van der Waals surface area contributed by atoms with Gasteiger partial charge in [0.2, 0.25) is 11.8 Å². The Labute approximate surface area is 279 Å². The van der Waals surface area contributed by atoms with Crippen molar-refractivity contribution in [2.24, 2.45) is 0 Å². The average molecular weight is 673 g/mol. The molecule has 2 aromatic heterocycles. The molecule has 0 unspecified atom stereocenters. The second-order valence-corrected chi connectivity index (χ2v) is 10.5. The summed E-state index contributed by atoms with van der Waals surface area (Å²) in [6.07, 6.45) is 0. The van der Waals surface area contributed by atoms with Gasteiger partial charge in [0.05, 0.1) is 21.0 Å². The van der Waals surface area contributed by atoms with Gasteiger partial charge < -0.3 is 28.5 Å². The van der Waals surface area contributed by atoms with Crippen LogP contribution in [-0.2, 0) is 0 Å². The molecule has 16 heteroatoms. The largest absolute Gasteiger partial charge is 0.507 e. The van der Waals surface area contributed by atoms with Crippen LogP contribution in [0.2, 0.25) is 0 Å². The number of nitrogens with zero attached hydrogens (tertiary/aromatic N) is 6. The fourth-order valence-electron chi connectivity index (χ4n) is 4.75. The Hall–Kier alpha value is -7.62. The second kappa shape index (κ2) is 12.9. The number of nitro benzene ring substituents is 2. The smallest absolute Gasteiger partial charge is 0.269 e. The minimum atomic E-state index is -0.504. The number of hydrogen-bond acceptors (Lipinski definition) is 14. The van der Waals surface area contributed by atoms with E-state index in [4.69, 9.17) is 18.3 Å². The van der Waals surface area contributed by atoms with Crippen molar-refractivity contribution in [1.82, 2.24) is 20.4 Å². The summed E-state index contributed by atoms with van der Waals surface area (Å²) in [5, 5.41) is 59.7. The van der Waals surface area contributed by atoms with E-state index in [2.05, 4.69) is 20.4 Å². The molecule has 0 bridgehead atoms. The van der Waals surface area contributed by atoms with Gasteiger partial charge in [-0.25, -0.2) is 0 Å². The quantitative estimate of drug-likeness (QED) is 0.0799. The summed E-state index contributed by atoms with van der Waals surface area (Å²) >= 11 is 0. The third-order valence-corrected chi connectivity index (χ3v) is 7.15. The van der Waals surface area contributed by atoms with E-state index in [1.807, 2.05) is 0 Å². The van der Waals surface area contributed by atoms with Gasteiger partial charge in [-0.3, -0.25) is 20.2 Å². The highest BCUT2D eigenvalue weighted by atomic mass is 16.6. The maximum atomic E-state index is 10.9. The lowest BCUT2D eigenvalue weighted by Gasteiger charge is -2.07. The number of aromatic hydroxyl groups is 2. The van der Waals surface area contributed by atoms with Gasteiger partial charge in [0.25, 0.3) is 23.2 Å². The summed E-state index contributed by atoms with van der Waals surface area (Å²) in [5.41, 5.74) is 0.932. The summed E-state index contributed by atoms with van der Waals surface area (Å²) in [5.74, 6) is 0.964. The first kappa shape index (κ1) is 31.0. The molecule has 50 heavy (non-hydrogen) atoms. The lowest BCUT2D eigenvalue weighted by atomic mass is 10.1. The second-order valence-electron chi connectivity index (χ2n) is 10.5. The molecule has 0 saturated heterocycles. The minimum Gasteiger partial charge on any atom is -0.507 e. The zero-order chi connectivity index (χ0) is 34.8. The molecule has 0 aliphatic heterocycles. The van der Waals surface area contributed by atoms with Gasteiger partial charge in [-0.1, -0.05) is 12.1 Å². The van der Waals surface area contributed by atoms with E-state index in [0.29, 0.717) is 34.1 Å². The predicted molar refractivity (Wildman–Crippen MR) is 174 cm³/mol. The number of hydrogen-bond donors (Lipinski definition) is 2. The first-order valence-electron chi connectivity index (χ1n) is 14.5. The van der Waals surface area contributed by atoms with Gasteiger partial charge in [0.1, 0.15) is 34.5 Å². The Morgan fingerprint density at radius 1 is 0.500 bits per heavy atom. The molecule has 0 fully saturated rings. The molecular formula is C34H20N6O10. The number of benzene rings is 5. The summed E-state index contributed by atoms with van der Waals surface area (Å²) in [7, 11) is 0. The molecule has 0 radical (unpaired) electrons. The third kappa shape index (κ3) is 6.47. The lowest BCUT2D eigenvalue weighted by molar-refractivity contribution is -0.385. The zero-order valence-electron chi connectivity index (χ0n) is 25.2. The van der Waals surface area contributed by atoms with Crippen LogP contribution in [0.4, 0.5) is 11.4 Å². The number of aromatic nitrogens is 4. The molecular weight excluding hydrogens is 652 g/mol. The number of nitro groups is 2. The molecule has 0 aliphatic carbocycles. The highest BCUT2D eigenvalue weighted by molar-refractivity contribution is 5.75. The van der Waals surface area contributed by atoms with Gasteiger partial charge in [0.15, 0.2) is 0 Å². The number of rotatable bonds is 10. The van der Waals surface area contributed by atoms with Gasteiger partial charge in [-0.15, -0.1) is 20.4 Å². The van der Waals surface area contributed by atoms with Gasteiger partial charge in [-0.05, 0) is 72.8 Å². The summed E-state index contributed by atoms with van der Waals surface area (Å²) in [6, 6.07) is 27.1. The van der Waals surface area contributed by atoms with Crippen LogP contribution >= 0.6 is 0 Å². The Morgan fingerprint density at radius 3 is 1.26 bits per heavy atom. The van der Waals surface area contributed by atoms with Crippen LogP contribution in [0.1, 0.15) is 0 Å². The van der Waals surface area contributed by atoms with Crippen LogP contribution in [0.5, 0.6) is 34.5 Å². The molecule has 0 atom stereocenters. The topological polar surface area (TPSA) is 223 Å². The first-order chi connectivity index (χ1) is 24.2. The standard InChI is InChI=1S/C34H20N6O10/c41-29-18-28(34-38-36-32(50-34)20-4-2-6-26(16-20)48-24-13-9-22(10-14-24)40(45)46)30(42)17-27(29)33-37-35-31(49-33)19-3-1-5-25(15-19)47-23-11-7-21(8-12-23)39(43)44/h1-18,41-42H. The fourth-order valence-corrected chi connectivity index (χ4v) is 4.75. The van der Waals surface area contributed by atoms with Gasteiger partial charge in [-0.2, -0.15) is 0 Å². The Bertz CT molecular complexity index is 2210. The van der Waals surface area contributed by atoms with Crippen molar-refractivity contribution in [3.05, 3.63) is 129 Å². The van der Waals surface area contributed by atoms with Crippen LogP contribution in [0.15, 0.2) is 118 Å². The Kier molecular flexibility index (Phi) is 7.99. The summed E-state index contributed by atoms with van der Waals surface area (Å²) < 4.78 is 23.2. The maximum Gasteiger partial charge on any atom is 0.269 e. The fraction of sp³-hybridized carbons (Fsp3) is 0. The van der Waals surface area contributed by atoms with Crippen LogP contribution < -0.4 is 9.47 Å². The summed E-state index contributed by atoms with van der Waals surface area (Å²) in [6.45, 7) is 0. The zero-order valence-corrected chi connectivity index (χ0v) is 25.2. The normalized spacial score (nSPS) is 10.9. The molecule has 5 aromatic carbocycles. The van der Waals surface area contributed by atoms with E-state index >= 15 is 0 Å². The molecule has 0 saturated carbocycles. The monoisotopic (exact) mass is 672 g/mol. The molecule has 0 amide bonds. The third-order valence-electron chi connectivity index (χ3n) is 7.15. The maximum absolute atomic E-state index is 10.9. The van der Waals surface area contributed by atoms with Crippen molar-refractivity contribution >= 4 is 11.4 Å². The minimum absolute atomic E-state index is 0.0408. The average Bonchev–Trinajstić information content (AvgIpc) is 3.81. The van der Waals surface area contributed by atoms with Crippen LogP contribution in [-0.4, -0.2) is 40.5 Å². The van der Waals surface area contributed by atoms with Crippen molar-refractivity contribution in [1.29, 1.82) is 0 Å². The van der Waals surface area contributed by atoms with Crippen molar-refractivity contribution in [3.63, 3.8) is 0 Å². The van der Waals surface area contributed by atoms with Crippen LogP contribution in [0.3, 0.4) is 0 Å². The molecule has 7 aromatic rings. The van der Waals surface area contributed by atoms with E-state index < -0.39 is 9.85 Å². The van der Waals surface area contributed by atoms with Crippen molar-refractivity contribution in [3.8, 4) is 80.3 Å². The van der Waals surface area contributed by atoms with Crippen molar-refractivity contribution in [2.75, 3.05) is 0 Å². The van der Waals surface area contributed by atoms with E-state index in [1.165, 1.54) is 60.7 Å². The SMILES string of the molecule is O=[N+]([O-])c1ccc(Oc2cccc(-c3nnc(-c4cc(O)c(-c5nnc(-c6cccc(Oc7ccc([N+](=O)[O-])cc7)c6)o5)cc4O)o3)c2)cc1. The van der Waals surface area contributed by atoms with E-state index in [1.54, 1.807) is 48.5 Å². The first-order valence-corrected chi connectivity index (χ1v) is 14.5. The Morgan fingerprint density at radius 2 is 0.880 bits per heavy atom. The molecule has 16 nitrogen and oxygen atoms in total. The molecule has 0 spiro atoms. The number of non-ortho nitro benzene ring substituents is 2. The molecule has 0 aliphatic rings. The number of ether oxygens (including phenoxy) is 2. The van der Waals surface area contributed by atoms with Crippen molar-refractivity contribution in [2.45, 2.75) is 0 Å². The van der Waals surface area contributed by atoms with E-state index in [-0.39, 0.29) is 57.6 Å². The van der Waals surface area contributed by atoms with Crippen LogP contribution in [0.25, 0.3) is 45.8 Å². The highest BCUT2D eigenvalue weighted by Crippen LogP contribution is 2.40. The molecule has 2 heterocycles. The van der Waals surface area contributed by atoms with E-state index in [9.17, 15) is 30.4 Å². The summed E-state index contributed by atoms with van der Waals surface area (Å²) in [4.78, 5) is 20.8. The molecule has 7 rings (SSSR count). The highest BCUT2D eigenvalue weighted by Gasteiger charge is 2.21. The number of phenolic OH excluding ortho intramolecular Hbond substituents is 2.